The first-order valence-corrected chi connectivity index (χ1v) is 12.4. The zero-order chi connectivity index (χ0) is 22.7. The number of pyridine rings is 4. The van der Waals surface area contributed by atoms with Gasteiger partial charge in [0.25, 0.3) is 0 Å². The minimum Gasteiger partial charge on any atom is -0.255 e. The average molecular weight is 475 g/mol. The van der Waals surface area contributed by atoms with Gasteiger partial charge in [0.15, 0.2) is 0 Å². The van der Waals surface area contributed by atoms with Gasteiger partial charge in [-0.15, -0.1) is 22.7 Å². The van der Waals surface area contributed by atoms with Crippen LogP contribution in [0, 0.1) is 0 Å². The number of rotatable bonds is 5. The van der Waals surface area contributed by atoms with Crippen molar-refractivity contribution in [3.63, 3.8) is 0 Å². The molecule has 0 aliphatic rings. The van der Waals surface area contributed by atoms with Crippen molar-refractivity contribution in [3.8, 4) is 53.4 Å². The first-order valence-electron chi connectivity index (χ1n) is 10.8. The highest BCUT2D eigenvalue weighted by molar-refractivity contribution is 7.20. The molecule has 6 heteroatoms. The molecule has 162 valence electrons. The molecule has 0 saturated heterocycles. The smallest absolute Gasteiger partial charge is 0.0808 e. The Balaban J connectivity index is 1.61. The van der Waals surface area contributed by atoms with Gasteiger partial charge >= 0.3 is 0 Å². The number of hydrogen-bond donors (Lipinski definition) is 0. The van der Waals surface area contributed by atoms with Crippen LogP contribution in [-0.2, 0) is 0 Å². The lowest BCUT2D eigenvalue weighted by Gasteiger charge is -2.05. The maximum atomic E-state index is 4.67. The minimum absolute atomic E-state index is 0.947. The van der Waals surface area contributed by atoms with Crippen molar-refractivity contribution >= 4 is 22.7 Å². The molecule has 0 aromatic carbocycles. The second-order valence-electron chi connectivity index (χ2n) is 7.57. The summed E-state index contributed by atoms with van der Waals surface area (Å²) < 4.78 is 0. The molecule has 0 amide bonds. The van der Waals surface area contributed by atoms with Gasteiger partial charge in [-0.3, -0.25) is 19.9 Å². The van der Waals surface area contributed by atoms with E-state index in [1.807, 2.05) is 85.5 Å². The SMILES string of the molecule is c1ccc(-c2cc(-c3cc(-c4ccccn4)sc3-c3ccccn3)c(-c3ccccn3)s2)nc1. The Hall–Kier alpha value is -4.00. The summed E-state index contributed by atoms with van der Waals surface area (Å²) in [6.07, 6.45) is 7.34. The second kappa shape index (κ2) is 9.09. The van der Waals surface area contributed by atoms with E-state index < -0.39 is 0 Å². The van der Waals surface area contributed by atoms with Crippen molar-refractivity contribution in [3.05, 3.63) is 110 Å². The molecule has 0 saturated carbocycles. The second-order valence-corrected chi connectivity index (χ2v) is 9.67. The zero-order valence-corrected chi connectivity index (χ0v) is 19.6. The Kier molecular flexibility index (Phi) is 5.51. The first-order chi connectivity index (χ1) is 16.9. The fourth-order valence-corrected chi connectivity index (χ4v) is 6.08. The molecule has 6 aromatic rings. The Morgan fingerprint density at radius 1 is 0.412 bits per heavy atom. The summed E-state index contributed by atoms with van der Waals surface area (Å²) in [6.45, 7) is 0. The van der Waals surface area contributed by atoms with Gasteiger partial charge in [-0.1, -0.05) is 24.3 Å². The van der Waals surface area contributed by atoms with E-state index in [0.717, 1.165) is 53.4 Å². The lowest BCUT2D eigenvalue weighted by Crippen LogP contribution is -1.84. The standard InChI is InChI=1S/C28H18N4S2/c1-5-13-29-21(9-1)25-17-19(27(33-25)23-11-3-7-15-31-23)20-18-26(22-10-2-6-14-30-22)34-28(20)24-12-4-8-16-32-24/h1-18H. The molecule has 0 unspecified atom stereocenters. The van der Waals surface area contributed by atoms with E-state index in [4.69, 9.17) is 0 Å². The zero-order valence-electron chi connectivity index (χ0n) is 18.0. The lowest BCUT2D eigenvalue weighted by molar-refractivity contribution is 1.33. The first kappa shape index (κ1) is 20.6. The molecular formula is C28H18N4S2. The maximum Gasteiger partial charge on any atom is 0.0808 e. The molecule has 0 N–H and O–H groups in total. The van der Waals surface area contributed by atoms with Gasteiger partial charge in [-0.05, 0) is 60.7 Å². The van der Waals surface area contributed by atoms with Crippen LogP contribution in [0.15, 0.2) is 110 Å². The topological polar surface area (TPSA) is 51.6 Å². The van der Waals surface area contributed by atoms with E-state index in [1.54, 1.807) is 22.7 Å². The van der Waals surface area contributed by atoms with Crippen LogP contribution in [0.5, 0.6) is 0 Å². The van der Waals surface area contributed by atoms with Crippen LogP contribution < -0.4 is 0 Å². The van der Waals surface area contributed by atoms with Gasteiger partial charge in [-0.25, -0.2) is 0 Å². The Morgan fingerprint density at radius 2 is 0.765 bits per heavy atom. The summed E-state index contributed by atoms with van der Waals surface area (Å²) in [5, 5.41) is 0. The highest BCUT2D eigenvalue weighted by Gasteiger charge is 2.22. The summed E-state index contributed by atoms with van der Waals surface area (Å²) in [4.78, 5) is 23.0. The Morgan fingerprint density at radius 3 is 1.09 bits per heavy atom. The number of thiophene rings is 2. The molecule has 0 spiro atoms. The Bertz CT molecular complexity index is 1410. The maximum absolute atomic E-state index is 4.67. The molecule has 4 nitrogen and oxygen atoms in total. The molecule has 6 rings (SSSR count). The van der Waals surface area contributed by atoms with Crippen LogP contribution in [0.2, 0.25) is 0 Å². The van der Waals surface area contributed by atoms with Crippen LogP contribution in [0.25, 0.3) is 53.4 Å². The van der Waals surface area contributed by atoms with Crippen LogP contribution in [-0.4, -0.2) is 19.9 Å². The fraction of sp³-hybridized carbons (Fsp3) is 0. The average Bonchev–Trinajstić information content (AvgIpc) is 3.56. The van der Waals surface area contributed by atoms with Gasteiger partial charge in [0.05, 0.1) is 42.3 Å². The quantitative estimate of drug-likeness (QED) is 0.257. The third kappa shape index (κ3) is 3.94. The molecular weight excluding hydrogens is 456 g/mol. The van der Waals surface area contributed by atoms with Gasteiger partial charge in [0.1, 0.15) is 0 Å². The van der Waals surface area contributed by atoms with E-state index in [9.17, 15) is 0 Å². The summed E-state index contributed by atoms with van der Waals surface area (Å²) in [7, 11) is 0. The van der Waals surface area contributed by atoms with Gasteiger partial charge in [0, 0.05) is 35.9 Å². The molecule has 0 bridgehead atoms. The summed E-state index contributed by atoms with van der Waals surface area (Å²) >= 11 is 3.43. The predicted molar refractivity (Wildman–Crippen MR) is 141 cm³/mol. The third-order valence-electron chi connectivity index (χ3n) is 5.38. The van der Waals surface area contributed by atoms with Crippen molar-refractivity contribution < 1.29 is 0 Å². The monoisotopic (exact) mass is 474 g/mol. The van der Waals surface area contributed by atoms with Crippen molar-refractivity contribution in [2.75, 3.05) is 0 Å². The Labute approximate surface area is 205 Å². The summed E-state index contributed by atoms with van der Waals surface area (Å²) in [6, 6.07) is 28.5. The molecule has 6 heterocycles. The van der Waals surface area contributed by atoms with Gasteiger partial charge in [-0.2, -0.15) is 0 Å². The van der Waals surface area contributed by atoms with Gasteiger partial charge in [0.2, 0.25) is 0 Å². The third-order valence-corrected chi connectivity index (χ3v) is 7.74. The number of hydrogen-bond acceptors (Lipinski definition) is 6. The molecule has 0 aliphatic heterocycles. The van der Waals surface area contributed by atoms with Crippen LogP contribution in [0.4, 0.5) is 0 Å². The van der Waals surface area contributed by atoms with Crippen molar-refractivity contribution in [2.24, 2.45) is 0 Å². The lowest BCUT2D eigenvalue weighted by atomic mass is 10.0. The van der Waals surface area contributed by atoms with Gasteiger partial charge < -0.3 is 0 Å². The fourth-order valence-electron chi connectivity index (χ4n) is 3.83. The van der Waals surface area contributed by atoms with E-state index in [2.05, 4.69) is 44.2 Å². The van der Waals surface area contributed by atoms with Crippen LogP contribution in [0.1, 0.15) is 0 Å². The van der Waals surface area contributed by atoms with E-state index in [-0.39, 0.29) is 0 Å². The largest absolute Gasteiger partial charge is 0.255 e. The van der Waals surface area contributed by atoms with Crippen LogP contribution in [0.3, 0.4) is 0 Å². The molecule has 0 aliphatic carbocycles. The number of nitrogens with zero attached hydrogens (tertiary/aromatic N) is 4. The summed E-state index contributed by atoms with van der Waals surface area (Å²) in [5.74, 6) is 0. The molecule has 0 fully saturated rings. The van der Waals surface area contributed by atoms with Crippen molar-refractivity contribution in [1.29, 1.82) is 0 Å². The van der Waals surface area contributed by atoms with E-state index >= 15 is 0 Å². The molecule has 6 aromatic heterocycles. The van der Waals surface area contributed by atoms with E-state index in [0.29, 0.717) is 0 Å². The van der Waals surface area contributed by atoms with E-state index in [1.165, 1.54) is 0 Å². The van der Waals surface area contributed by atoms with Crippen molar-refractivity contribution in [2.45, 2.75) is 0 Å². The highest BCUT2D eigenvalue weighted by atomic mass is 32.1. The van der Waals surface area contributed by atoms with Crippen molar-refractivity contribution in [1.82, 2.24) is 19.9 Å². The minimum atomic E-state index is 0.947. The normalized spacial score (nSPS) is 10.9. The highest BCUT2D eigenvalue weighted by Crippen LogP contribution is 2.49. The summed E-state index contributed by atoms with van der Waals surface area (Å²) in [5.41, 5.74) is 6.06. The predicted octanol–water partition coefficient (Wildman–Crippen LogP) is 7.72. The molecule has 0 atom stereocenters. The van der Waals surface area contributed by atoms with Crippen LogP contribution >= 0.6 is 22.7 Å². The molecule has 34 heavy (non-hydrogen) atoms. The molecule has 0 radical (unpaired) electrons. The number of aromatic nitrogens is 4.